The molecule has 0 aliphatic heterocycles. The molecule has 0 aromatic heterocycles. The summed E-state index contributed by atoms with van der Waals surface area (Å²) in [6, 6.07) is 4.21. The second kappa shape index (κ2) is 3.87. The highest BCUT2D eigenvalue weighted by Gasteiger charge is 2.00. The third kappa shape index (κ3) is 2.16. The second-order valence-corrected chi connectivity index (χ2v) is 4.41. The van der Waals surface area contributed by atoms with Crippen molar-refractivity contribution in [3.63, 3.8) is 0 Å². The Morgan fingerprint density at radius 1 is 1.55 bits per heavy atom. The molecule has 11 heavy (non-hydrogen) atoms. The van der Waals surface area contributed by atoms with E-state index < -0.39 is 0 Å². The van der Waals surface area contributed by atoms with Crippen LogP contribution in [0.4, 0.5) is 0 Å². The Hall–Kier alpha value is 0.390. The zero-order chi connectivity index (χ0) is 8.43. The molecule has 0 unspecified atom stereocenters. The number of aryl methyl sites for hydroxylation is 1. The fraction of sp³-hybridized carbons (Fsp3) is 0.250. The Labute approximate surface area is 88.6 Å². The molecule has 0 fully saturated rings. The van der Waals surface area contributed by atoms with Gasteiger partial charge in [0.2, 0.25) is 0 Å². The van der Waals surface area contributed by atoms with Gasteiger partial charge < -0.3 is 5.73 Å². The Morgan fingerprint density at radius 2 is 2.18 bits per heavy atom. The van der Waals surface area contributed by atoms with Crippen molar-refractivity contribution in [3.05, 3.63) is 31.3 Å². The number of benzene rings is 1. The van der Waals surface area contributed by atoms with Crippen molar-refractivity contribution in [3.8, 4) is 0 Å². The quantitative estimate of drug-likeness (QED) is 0.789. The molecule has 0 radical (unpaired) electrons. The minimum absolute atomic E-state index is 0.617. The van der Waals surface area contributed by atoms with E-state index >= 15 is 0 Å². The summed E-state index contributed by atoms with van der Waals surface area (Å²) in [7, 11) is 0. The lowest BCUT2D eigenvalue weighted by atomic mass is 10.1. The molecule has 1 aromatic rings. The maximum Gasteiger partial charge on any atom is 0.0215 e. The fourth-order valence-corrected chi connectivity index (χ4v) is 2.33. The molecule has 0 saturated carbocycles. The van der Waals surface area contributed by atoms with Gasteiger partial charge in [-0.25, -0.2) is 0 Å². The molecule has 0 heterocycles. The van der Waals surface area contributed by atoms with Gasteiger partial charge in [-0.1, -0.05) is 22.0 Å². The predicted molar refractivity (Wildman–Crippen MR) is 59.5 cm³/mol. The van der Waals surface area contributed by atoms with Crippen molar-refractivity contribution in [2.75, 3.05) is 0 Å². The topological polar surface area (TPSA) is 26.0 Å². The lowest BCUT2D eigenvalue weighted by Crippen LogP contribution is -1.99. The van der Waals surface area contributed by atoms with Gasteiger partial charge in [-0.2, -0.15) is 0 Å². The summed E-state index contributed by atoms with van der Waals surface area (Å²) in [6.45, 7) is 2.69. The minimum Gasteiger partial charge on any atom is -0.326 e. The maximum absolute atomic E-state index is 5.55. The van der Waals surface area contributed by atoms with Gasteiger partial charge >= 0.3 is 0 Å². The SMILES string of the molecule is Cc1cc(CN)c(I)cc1Br. The number of halogens is 2. The van der Waals surface area contributed by atoms with E-state index in [0.717, 1.165) is 4.47 Å². The first-order chi connectivity index (χ1) is 5.15. The molecular weight excluding hydrogens is 317 g/mol. The van der Waals surface area contributed by atoms with Gasteiger partial charge in [-0.05, 0) is 46.7 Å². The highest BCUT2D eigenvalue weighted by molar-refractivity contribution is 14.1. The van der Waals surface area contributed by atoms with Crippen molar-refractivity contribution >= 4 is 38.5 Å². The van der Waals surface area contributed by atoms with Crippen LogP contribution in [0.25, 0.3) is 0 Å². The molecule has 1 aromatic carbocycles. The van der Waals surface area contributed by atoms with E-state index in [1.807, 2.05) is 0 Å². The summed E-state index contributed by atoms with van der Waals surface area (Å²) in [5.74, 6) is 0. The molecule has 0 aliphatic rings. The molecular formula is C8H9BrIN. The van der Waals surface area contributed by atoms with Crippen LogP contribution in [0.2, 0.25) is 0 Å². The molecule has 0 aliphatic carbocycles. The van der Waals surface area contributed by atoms with Crippen LogP contribution in [-0.2, 0) is 6.54 Å². The van der Waals surface area contributed by atoms with Gasteiger partial charge in [0.05, 0.1) is 0 Å². The standard InChI is InChI=1S/C8H9BrIN/c1-5-2-6(4-11)8(10)3-7(5)9/h2-3H,4,11H2,1H3. The number of hydrogen-bond donors (Lipinski definition) is 1. The van der Waals surface area contributed by atoms with Gasteiger partial charge in [0.15, 0.2) is 0 Å². The Bertz CT molecular complexity index is 273. The van der Waals surface area contributed by atoms with E-state index in [4.69, 9.17) is 5.73 Å². The van der Waals surface area contributed by atoms with Crippen LogP contribution in [0, 0.1) is 10.5 Å². The molecule has 2 N–H and O–H groups in total. The monoisotopic (exact) mass is 325 g/mol. The summed E-state index contributed by atoms with van der Waals surface area (Å²) < 4.78 is 2.38. The maximum atomic E-state index is 5.55. The van der Waals surface area contributed by atoms with E-state index in [1.54, 1.807) is 0 Å². The second-order valence-electron chi connectivity index (χ2n) is 2.40. The van der Waals surface area contributed by atoms with Crippen LogP contribution in [0.5, 0.6) is 0 Å². The molecule has 60 valence electrons. The molecule has 1 nitrogen and oxygen atoms in total. The molecule has 0 amide bonds. The van der Waals surface area contributed by atoms with Crippen molar-refractivity contribution in [2.24, 2.45) is 5.73 Å². The molecule has 0 saturated heterocycles. The van der Waals surface area contributed by atoms with E-state index in [1.165, 1.54) is 14.7 Å². The van der Waals surface area contributed by atoms with Gasteiger partial charge in [-0.15, -0.1) is 0 Å². The fourth-order valence-electron chi connectivity index (χ4n) is 0.873. The molecule has 1 rings (SSSR count). The van der Waals surface area contributed by atoms with E-state index in [0.29, 0.717) is 6.54 Å². The number of hydrogen-bond acceptors (Lipinski definition) is 1. The summed E-state index contributed by atoms with van der Waals surface area (Å²) in [4.78, 5) is 0. The van der Waals surface area contributed by atoms with Gasteiger partial charge in [0.1, 0.15) is 0 Å². The zero-order valence-corrected chi connectivity index (χ0v) is 9.94. The van der Waals surface area contributed by atoms with Crippen LogP contribution in [0.15, 0.2) is 16.6 Å². The number of nitrogens with two attached hydrogens (primary N) is 1. The first kappa shape index (κ1) is 9.48. The number of rotatable bonds is 1. The van der Waals surface area contributed by atoms with Gasteiger partial charge in [0, 0.05) is 14.6 Å². The molecule has 0 bridgehead atoms. The Morgan fingerprint density at radius 3 is 2.73 bits per heavy atom. The average Bonchev–Trinajstić information content (AvgIpc) is 1.97. The zero-order valence-electron chi connectivity index (χ0n) is 6.20. The summed E-state index contributed by atoms with van der Waals surface area (Å²) in [6.07, 6.45) is 0. The summed E-state index contributed by atoms with van der Waals surface area (Å²) in [5.41, 5.74) is 8.01. The third-order valence-corrected chi connectivity index (χ3v) is 3.41. The van der Waals surface area contributed by atoms with Crippen molar-refractivity contribution in [1.29, 1.82) is 0 Å². The first-order valence-corrected chi connectivity index (χ1v) is 5.17. The highest BCUT2D eigenvalue weighted by atomic mass is 127. The van der Waals surface area contributed by atoms with E-state index in [-0.39, 0.29) is 0 Å². The largest absolute Gasteiger partial charge is 0.326 e. The van der Waals surface area contributed by atoms with Crippen LogP contribution in [0.1, 0.15) is 11.1 Å². The van der Waals surface area contributed by atoms with Crippen LogP contribution in [-0.4, -0.2) is 0 Å². The van der Waals surface area contributed by atoms with Crippen LogP contribution in [0.3, 0.4) is 0 Å². The molecule has 3 heteroatoms. The Balaban J connectivity index is 3.21. The van der Waals surface area contributed by atoms with Crippen molar-refractivity contribution in [2.45, 2.75) is 13.5 Å². The first-order valence-electron chi connectivity index (χ1n) is 3.29. The minimum atomic E-state index is 0.617. The molecule has 0 spiro atoms. The van der Waals surface area contributed by atoms with Gasteiger partial charge in [0.25, 0.3) is 0 Å². The average molecular weight is 326 g/mol. The van der Waals surface area contributed by atoms with Crippen molar-refractivity contribution in [1.82, 2.24) is 0 Å². The molecule has 0 atom stereocenters. The normalized spacial score (nSPS) is 10.2. The smallest absolute Gasteiger partial charge is 0.0215 e. The van der Waals surface area contributed by atoms with E-state index in [2.05, 4.69) is 57.6 Å². The third-order valence-electron chi connectivity index (χ3n) is 1.55. The van der Waals surface area contributed by atoms with Crippen LogP contribution < -0.4 is 5.73 Å². The highest BCUT2D eigenvalue weighted by Crippen LogP contribution is 2.22. The van der Waals surface area contributed by atoms with Crippen LogP contribution >= 0.6 is 38.5 Å². The lowest BCUT2D eigenvalue weighted by Gasteiger charge is -2.04. The Kier molecular flexibility index (Phi) is 3.33. The summed E-state index contributed by atoms with van der Waals surface area (Å²) >= 11 is 5.76. The van der Waals surface area contributed by atoms with E-state index in [9.17, 15) is 0 Å². The van der Waals surface area contributed by atoms with Crippen molar-refractivity contribution < 1.29 is 0 Å². The predicted octanol–water partition coefficient (Wildman–Crippen LogP) is 2.82. The lowest BCUT2D eigenvalue weighted by molar-refractivity contribution is 1.05. The summed E-state index contributed by atoms with van der Waals surface area (Å²) in [5, 5.41) is 0. The van der Waals surface area contributed by atoms with Gasteiger partial charge in [-0.3, -0.25) is 0 Å².